The molecule has 0 bridgehead atoms. The summed E-state index contributed by atoms with van der Waals surface area (Å²) in [5.74, 6) is 0.0991. The molecule has 1 N–H and O–H groups in total. The van der Waals surface area contributed by atoms with Crippen molar-refractivity contribution in [2.75, 3.05) is 5.32 Å². The van der Waals surface area contributed by atoms with E-state index in [0.29, 0.717) is 11.3 Å². The summed E-state index contributed by atoms with van der Waals surface area (Å²) in [6.07, 6.45) is -3.30. The highest BCUT2D eigenvalue weighted by Crippen LogP contribution is 2.32. The van der Waals surface area contributed by atoms with E-state index in [1.54, 1.807) is 24.3 Å². The Hall–Kier alpha value is -3.67. The van der Waals surface area contributed by atoms with Gasteiger partial charge in [-0.05, 0) is 42.5 Å². The summed E-state index contributed by atoms with van der Waals surface area (Å²) in [7, 11) is 0. The Morgan fingerprint density at radius 1 is 1.04 bits per heavy atom. The minimum absolute atomic E-state index is 0.0460. The second-order valence-corrected chi connectivity index (χ2v) is 5.03. The number of aromatic nitrogens is 3. The van der Waals surface area contributed by atoms with Gasteiger partial charge in [-0.15, -0.1) is 0 Å². The van der Waals surface area contributed by atoms with Gasteiger partial charge in [0, 0.05) is 5.69 Å². The molecule has 0 fully saturated rings. The van der Waals surface area contributed by atoms with Crippen LogP contribution in [0.1, 0.15) is 11.1 Å². The summed E-state index contributed by atoms with van der Waals surface area (Å²) >= 11 is 0. The molecule has 130 valence electrons. The van der Waals surface area contributed by atoms with Crippen molar-refractivity contribution in [3.05, 3.63) is 66.0 Å². The van der Waals surface area contributed by atoms with Gasteiger partial charge in [0.2, 0.25) is 5.95 Å². The molecule has 0 aliphatic heterocycles. The second-order valence-electron chi connectivity index (χ2n) is 5.03. The topological polar surface area (TPSA) is 83.7 Å². The van der Waals surface area contributed by atoms with Crippen LogP contribution in [0.25, 0.3) is 0 Å². The third-order valence-electron chi connectivity index (χ3n) is 3.19. The van der Waals surface area contributed by atoms with Crippen LogP contribution in [0.3, 0.4) is 0 Å². The molecule has 0 unspecified atom stereocenters. The highest BCUT2D eigenvalue weighted by atomic mass is 19.4. The number of nitriles is 1. The molecule has 1 aromatic heterocycles. The normalized spacial score (nSPS) is 10.8. The van der Waals surface area contributed by atoms with Crippen LogP contribution in [0.4, 0.5) is 24.8 Å². The van der Waals surface area contributed by atoms with Crippen molar-refractivity contribution in [2.24, 2.45) is 0 Å². The maximum absolute atomic E-state index is 12.7. The van der Waals surface area contributed by atoms with Crippen LogP contribution in [0.15, 0.2) is 54.9 Å². The molecule has 0 spiro atoms. The molecule has 2 aromatic carbocycles. The fraction of sp³-hybridized carbons (Fsp3) is 0.0588. The molecule has 9 heteroatoms. The van der Waals surface area contributed by atoms with Crippen LogP contribution >= 0.6 is 0 Å². The molecule has 1 heterocycles. The lowest BCUT2D eigenvalue weighted by atomic mass is 10.2. The van der Waals surface area contributed by atoms with E-state index in [-0.39, 0.29) is 17.7 Å². The SMILES string of the molecule is N#Cc1ccc(Nc2ncnc(Oc3cccc(C(F)(F)F)c3)n2)cc1. The number of nitrogens with one attached hydrogen (secondary N) is 1. The number of hydrogen-bond acceptors (Lipinski definition) is 6. The number of ether oxygens (including phenoxy) is 1. The van der Waals surface area contributed by atoms with Crippen LogP contribution in [0.2, 0.25) is 0 Å². The lowest BCUT2D eigenvalue weighted by Gasteiger charge is -2.09. The Kier molecular flexibility index (Phi) is 4.66. The number of hydrogen-bond donors (Lipinski definition) is 1. The summed E-state index contributed by atoms with van der Waals surface area (Å²) in [5, 5.41) is 11.7. The van der Waals surface area contributed by atoms with Crippen molar-refractivity contribution in [1.29, 1.82) is 5.26 Å². The number of nitrogens with zero attached hydrogens (tertiary/aromatic N) is 4. The van der Waals surface area contributed by atoms with Crippen molar-refractivity contribution < 1.29 is 17.9 Å². The lowest BCUT2D eigenvalue weighted by Crippen LogP contribution is -2.05. The molecule has 0 saturated heterocycles. The minimum atomic E-state index is -4.47. The third-order valence-corrected chi connectivity index (χ3v) is 3.19. The Balaban J connectivity index is 1.76. The zero-order chi connectivity index (χ0) is 18.6. The largest absolute Gasteiger partial charge is 0.424 e. The van der Waals surface area contributed by atoms with Gasteiger partial charge < -0.3 is 10.1 Å². The van der Waals surface area contributed by atoms with E-state index >= 15 is 0 Å². The summed E-state index contributed by atoms with van der Waals surface area (Å²) in [6, 6.07) is 12.8. The van der Waals surface area contributed by atoms with Gasteiger partial charge in [-0.25, -0.2) is 4.98 Å². The second kappa shape index (κ2) is 7.06. The smallest absolute Gasteiger partial charge is 0.416 e. The van der Waals surface area contributed by atoms with Crippen LogP contribution in [-0.2, 0) is 6.18 Å². The van der Waals surface area contributed by atoms with Crippen LogP contribution in [0, 0.1) is 11.3 Å². The predicted molar refractivity (Wildman–Crippen MR) is 85.8 cm³/mol. The van der Waals surface area contributed by atoms with Gasteiger partial charge in [0.25, 0.3) is 0 Å². The number of rotatable bonds is 4. The molecule has 0 amide bonds. The Labute approximate surface area is 145 Å². The van der Waals surface area contributed by atoms with Crippen LogP contribution in [-0.4, -0.2) is 15.0 Å². The molecule has 26 heavy (non-hydrogen) atoms. The van der Waals surface area contributed by atoms with Crippen molar-refractivity contribution in [3.63, 3.8) is 0 Å². The average Bonchev–Trinajstić information content (AvgIpc) is 2.62. The first-order chi connectivity index (χ1) is 12.4. The van der Waals surface area contributed by atoms with Gasteiger partial charge in [0.05, 0.1) is 17.2 Å². The van der Waals surface area contributed by atoms with Crippen molar-refractivity contribution in [1.82, 2.24) is 15.0 Å². The molecule has 3 rings (SSSR count). The van der Waals surface area contributed by atoms with Crippen molar-refractivity contribution >= 4 is 11.6 Å². The molecule has 3 aromatic rings. The van der Waals surface area contributed by atoms with Gasteiger partial charge in [0.1, 0.15) is 12.1 Å². The highest BCUT2D eigenvalue weighted by Gasteiger charge is 2.30. The predicted octanol–water partition coefficient (Wildman–Crippen LogP) is 4.30. The first kappa shape index (κ1) is 17.2. The molecule has 0 atom stereocenters. The summed E-state index contributed by atoms with van der Waals surface area (Å²) in [6.45, 7) is 0. The quantitative estimate of drug-likeness (QED) is 0.750. The molecule has 6 nitrogen and oxygen atoms in total. The molecular weight excluding hydrogens is 347 g/mol. The van der Waals surface area contributed by atoms with Crippen molar-refractivity contribution in [3.8, 4) is 17.8 Å². The Bertz CT molecular complexity index is 952. The van der Waals surface area contributed by atoms with E-state index in [1.165, 1.54) is 18.5 Å². The number of halogens is 3. The summed E-state index contributed by atoms with van der Waals surface area (Å²) in [4.78, 5) is 11.7. The summed E-state index contributed by atoms with van der Waals surface area (Å²) in [5.41, 5.74) is 0.292. The van der Waals surface area contributed by atoms with Gasteiger partial charge in [-0.2, -0.15) is 28.4 Å². The molecule has 0 aliphatic rings. The van der Waals surface area contributed by atoms with Gasteiger partial charge in [-0.3, -0.25) is 0 Å². The maximum atomic E-state index is 12.7. The lowest BCUT2D eigenvalue weighted by molar-refractivity contribution is -0.137. The van der Waals surface area contributed by atoms with E-state index in [1.807, 2.05) is 6.07 Å². The minimum Gasteiger partial charge on any atom is -0.424 e. The van der Waals surface area contributed by atoms with E-state index < -0.39 is 11.7 Å². The van der Waals surface area contributed by atoms with Gasteiger partial charge >= 0.3 is 12.2 Å². The number of alkyl halides is 3. The number of anilines is 2. The van der Waals surface area contributed by atoms with Gasteiger partial charge in [-0.1, -0.05) is 6.07 Å². The summed E-state index contributed by atoms with van der Waals surface area (Å²) < 4.78 is 43.5. The first-order valence-electron chi connectivity index (χ1n) is 7.25. The molecule has 0 aliphatic carbocycles. The highest BCUT2D eigenvalue weighted by molar-refractivity contribution is 5.54. The van der Waals surface area contributed by atoms with Crippen LogP contribution < -0.4 is 10.1 Å². The average molecular weight is 357 g/mol. The van der Waals surface area contributed by atoms with E-state index in [9.17, 15) is 13.2 Å². The fourth-order valence-corrected chi connectivity index (χ4v) is 1.99. The molecule has 0 radical (unpaired) electrons. The zero-order valence-corrected chi connectivity index (χ0v) is 13.0. The monoisotopic (exact) mass is 357 g/mol. The first-order valence-corrected chi connectivity index (χ1v) is 7.25. The van der Waals surface area contributed by atoms with E-state index in [4.69, 9.17) is 10.00 Å². The molecular formula is C17H10F3N5O. The molecule has 0 saturated carbocycles. The Morgan fingerprint density at radius 2 is 1.81 bits per heavy atom. The standard InChI is InChI=1S/C17H10F3N5O/c18-17(19,20)12-2-1-3-14(8-12)26-16-23-10-22-15(25-16)24-13-6-4-11(9-21)5-7-13/h1-8,10H,(H,22,23,24,25). The maximum Gasteiger partial charge on any atom is 0.416 e. The van der Waals surface area contributed by atoms with Gasteiger partial charge in [0.15, 0.2) is 0 Å². The zero-order valence-electron chi connectivity index (χ0n) is 13.0. The number of benzene rings is 2. The third kappa shape index (κ3) is 4.24. The van der Waals surface area contributed by atoms with E-state index in [2.05, 4.69) is 20.3 Å². The fourth-order valence-electron chi connectivity index (χ4n) is 1.99. The van der Waals surface area contributed by atoms with Crippen molar-refractivity contribution in [2.45, 2.75) is 6.18 Å². The van der Waals surface area contributed by atoms with Crippen LogP contribution in [0.5, 0.6) is 11.8 Å². The van der Waals surface area contributed by atoms with E-state index in [0.717, 1.165) is 12.1 Å². The Morgan fingerprint density at radius 3 is 2.50 bits per heavy atom.